The summed E-state index contributed by atoms with van der Waals surface area (Å²) in [5.41, 5.74) is 1.10. The maximum Gasteiger partial charge on any atom is 0.326 e. The highest BCUT2D eigenvalue weighted by atomic mass is 16.4. The van der Waals surface area contributed by atoms with Gasteiger partial charge in [0, 0.05) is 31.2 Å². The van der Waals surface area contributed by atoms with Crippen molar-refractivity contribution >= 4 is 22.8 Å². The van der Waals surface area contributed by atoms with E-state index >= 15 is 0 Å². The maximum atomic E-state index is 12.2. The van der Waals surface area contributed by atoms with Crippen molar-refractivity contribution in [2.75, 3.05) is 6.54 Å². The molecule has 1 saturated heterocycles. The van der Waals surface area contributed by atoms with Gasteiger partial charge in [0.25, 0.3) is 0 Å². The van der Waals surface area contributed by atoms with Gasteiger partial charge in [0.15, 0.2) is 0 Å². The highest BCUT2D eigenvalue weighted by Crippen LogP contribution is 2.20. The molecule has 0 radical (unpaired) electrons. The minimum Gasteiger partial charge on any atom is -0.480 e. The van der Waals surface area contributed by atoms with Crippen LogP contribution in [-0.4, -0.2) is 39.0 Å². The molecular weight excluding hydrogens is 268 g/mol. The number of fused-ring (bicyclic) bond motifs is 1. The van der Waals surface area contributed by atoms with Crippen LogP contribution in [0.4, 0.5) is 0 Å². The van der Waals surface area contributed by atoms with E-state index in [2.05, 4.69) is 0 Å². The second-order valence-corrected chi connectivity index (χ2v) is 5.40. The van der Waals surface area contributed by atoms with Crippen molar-refractivity contribution in [1.29, 1.82) is 0 Å². The minimum absolute atomic E-state index is 0.0716. The lowest BCUT2D eigenvalue weighted by molar-refractivity contribution is -0.148. The fourth-order valence-electron chi connectivity index (χ4n) is 3.02. The number of para-hydroxylation sites is 1. The maximum absolute atomic E-state index is 12.2. The lowest BCUT2D eigenvalue weighted by Crippen LogP contribution is -2.40. The second-order valence-electron chi connectivity index (χ2n) is 5.40. The molecule has 1 aromatic heterocycles. The number of hydrogen-bond acceptors (Lipinski definition) is 2. The number of aryl methyl sites for hydroxylation is 1. The Bertz CT molecular complexity index is 677. The lowest BCUT2D eigenvalue weighted by atomic mass is 10.2. The van der Waals surface area contributed by atoms with E-state index in [1.165, 1.54) is 4.90 Å². The highest BCUT2D eigenvalue weighted by Gasteiger charge is 2.33. The fraction of sp³-hybridized carbons (Fsp3) is 0.375. The van der Waals surface area contributed by atoms with E-state index in [1.807, 2.05) is 41.1 Å². The van der Waals surface area contributed by atoms with Crippen LogP contribution >= 0.6 is 0 Å². The third-order valence-corrected chi connectivity index (χ3v) is 4.11. The number of hydrogen-bond donors (Lipinski definition) is 1. The van der Waals surface area contributed by atoms with Crippen molar-refractivity contribution in [3.05, 3.63) is 36.5 Å². The molecule has 0 unspecified atom stereocenters. The normalized spacial score (nSPS) is 18.3. The number of aliphatic carboxylic acids is 1. The molecule has 1 aromatic carbocycles. The first-order valence-electron chi connectivity index (χ1n) is 7.23. The number of carbonyl (C=O) groups is 2. The van der Waals surface area contributed by atoms with Gasteiger partial charge in [-0.25, -0.2) is 4.79 Å². The Morgan fingerprint density at radius 3 is 2.86 bits per heavy atom. The second kappa shape index (κ2) is 5.60. The molecule has 21 heavy (non-hydrogen) atoms. The molecule has 0 spiro atoms. The van der Waals surface area contributed by atoms with Crippen LogP contribution in [0.25, 0.3) is 10.9 Å². The number of nitrogens with zero attached hydrogens (tertiary/aromatic N) is 2. The molecule has 0 aliphatic carbocycles. The Kier molecular flexibility index (Phi) is 3.64. The predicted molar refractivity (Wildman–Crippen MR) is 78.9 cm³/mol. The van der Waals surface area contributed by atoms with Gasteiger partial charge in [-0.05, 0) is 30.4 Å². The summed E-state index contributed by atoms with van der Waals surface area (Å²) < 4.78 is 2.04. The number of carboxylic acids is 1. The molecule has 2 aromatic rings. The first kappa shape index (κ1) is 13.7. The topological polar surface area (TPSA) is 62.5 Å². The zero-order valence-electron chi connectivity index (χ0n) is 11.7. The van der Waals surface area contributed by atoms with Gasteiger partial charge in [-0.15, -0.1) is 0 Å². The fourth-order valence-corrected chi connectivity index (χ4v) is 3.02. The Morgan fingerprint density at radius 1 is 1.24 bits per heavy atom. The average molecular weight is 286 g/mol. The molecule has 110 valence electrons. The van der Waals surface area contributed by atoms with Crippen LogP contribution in [0.15, 0.2) is 36.5 Å². The van der Waals surface area contributed by atoms with E-state index in [9.17, 15) is 9.59 Å². The number of amides is 1. The zero-order valence-corrected chi connectivity index (χ0v) is 11.7. The van der Waals surface area contributed by atoms with E-state index in [0.29, 0.717) is 25.9 Å². The first-order valence-corrected chi connectivity index (χ1v) is 7.23. The van der Waals surface area contributed by atoms with Crippen LogP contribution in [0.1, 0.15) is 19.3 Å². The molecule has 5 nitrogen and oxygen atoms in total. The minimum atomic E-state index is -0.896. The predicted octanol–water partition coefficient (Wildman–Crippen LogP) is 2.11. The van der Waals surface area contributed by atoms with Crippen molar-refractivity contribution in [3.63, 3.8) is 0 Å². The highest BCUT2D eigenvalue weighted by molar-refractivity contribution is 5.84. The standard InChI is InChI=1S/C16H18N2O3/c19-15(18-9-3-6-14(18)16(20)21)8-11-17-10-7-12-4-1-2-5-13(12)17/h1-2,4-5,7,10,14H,3,6,8-9,11H2,(H,20,21)/t14-/m0/s1. The summed E-state index contributed by atoms with van der Waals surface area (Å²) in [6.45, 7) is 1.14. The zero-order chi connectivity index (χ0) is 14.8. The summed E-state index contributed by atoms with van der Waals surface area (Å²) in [6.07, 6.45) is 3.64. The number of carbonyl (C=O) groups excluding carboxylic acids is 1. The van der Waals surface area contributed by atoms with Crippen molar-refractivity contribution in [1.82, 2.24) is 9.47 Å². The molecule has 1 fully saturated rings. The number of aromatic nitrogens is 1. The summed E-state index contributed by atoms with van der Waals surface area (Å²) in [5.74, 6) is -0.968. The van der Waals surface area contributed by atoms with Crippen molar-refractivity contribution in [3.8, 4) is 0 Å². The van der Waals surface area contributed by atoms with Gasteiger partial charge in [0.2, 0.25) is 5.91 Å². The van der Waals surface area contributed by atoms with E-state index in [4.69, 9.17) is 5.11 Å². The van der Waals surface area contributed by atoms with Crippen LogP contribution in [0.5, 0.6) is 0 Å². The SMILES string of the molecule is O=C(O)[C@@H]1CCCN1C(=O)CCn1ccc2ccccc21. The number of carboxylic acid groups (broad SMARTS) is 1. The van der Waals surface area contributed by atoms with E-state index < -0.39 is 12.0 Å². The van der Waals surface area contributed by atoms with Gasteiger partial charge in [-0.1, -0.05) is 18.2 Å². The molecule has 2 heterocycles. The summed E-state index contributed by atoms with van der Waals surface area (Å²) in [7, 11) is 0. The third kappa shape index (κ3) is 2.63. The van der Waals surface area contributed by atoms with E-state index in [1.54, 1.807) is 0 Å². The largest absolute Gasteiger partial charge is 0.480 e. The Morgan fingerprint density at radius 2 is 2.05 bits per heavy atom. The van der Waals surface area contributed by atoms with Crippen LogP contribution in [-0.2, 0) is 16.1 Å². The molecule has 0 saturated carbocycles. The van der Waals surface area contributed by atoms with Crippen molar-refractivity contribution in [2.45, 2.75) is 31.8 Å². The Hall–Kier alpha value is -2.30. The number of likely N-dealkylation sites (tertiary alicyclic amines) is 1. The van der Waals surface area contributed by atoms with E-state index in [-0.39, 0.29) is 5.91 Å². The van der Waals surface area contributed by atoms with Gasteiger partial charge in [0.05, 0.1) is 0 Å². The third-order valence-electron chi connectivity index (χ3n) is 4.11. The Labute approximate surface area is 122 Å². The van der Waals surface area contributed by atoms with Crippen LogP contribution in [0.3, 0.4) is 0 Å². The number of benzene rings is 1. The molecule has 1 N–H and O–H groups in total. The van der Waals surface area contributed by atoms with Gasteiger partial charge in [0.1, 0.15) is 6.04 Å². The van der Waals surface area contributed by atoms with Crippen molar-refractivity contribution in [2.24, 2.45) is 0 Å². The van der Waals surface area contributed by atoms with E-state index in [0.717, 1.165) is 17.3 Å². The molecular formula is C16H18N2O3. The summed E-state index contributed by atoms with van der Waals surface area (Å²) in [6, 6.07) is 9.40. The summed E-state index contributed by atoms with van der Waals surface area (Å²) >= 11 is 0. The monoisotopic (exact) mass is 286 g/mol. The smallest absolute Gasteiger partial charge is 0.326 e. The molecule has 1 atom stereocenters. The van der Waals surface area contributed by atoms with Crippen LogP contribution < -0.4 is 0 Å². The first-order chi connectivity index (χ1) is 10.2. The van der Waals surface area contributed by atoms with Gasteiger partial charge >= 0.3 is 5.97 Å². The quantitative estimate of drug-likeness (QED) is 0.936. The summed E-state index contributed by atoms with van der Waals surface area (Å²) in [5, 5.41) is 10.3. The molecule has 5 heteroatoms. The molecule has 1 aliphatic rings. The number of rotatable bonds is 4. The molecule has 1 aliphatic heterocycles. The Balaban J connectivity index is 1.67. The lowest BCUT2D eigenvalue weighted by Gasteiger charge is -2.21. The molecule has 1 amide bonds. The van der Waals surface area contributed by atoms with Crippen molar-refractivity contribution < 1.29 is 14.7 Å². The average Bonchev–Trinajstić information content (AvgIpc) is 3.12. The molecule has 3 rings (SSSR count). The molecule has 0 bridgehead atoms. The van der Waals surface area contributed by atoms with Crippen LogP contribution in [0.2, 0.25) is 0 Å². The van der Waals surface area contributed by atoms with Crippen LogP contribution in [0, 0.1) is 0 Å². The van der Waals surface area contributed by atoms with Gasteiger partial charge in [-0.3, -0.25) is 4.79 Å². The van der Waals surface area contributed by atoms with Gasteiger partial charge < -0.3 is 14.6 Å². The summed E-state index contributed by atoms with van der Waals surface area (Å²) in [4.78, 5) is 24.9. The van der Waals surface area contributed by atoms with Gasteiger partial charge in [-0.2, -0.15) is 0 Å².